The number of ether oxygens (including phenoxy) is 1. The number of unbranched alkanes of at least 4 members (excludes halogenated alkanes) is 2. The molecule has 0 N–H and O–H groups in total. The number of pyridine rings is 1. The standard InChI is InChI=1S/C27H36N2O2/c1-4-7-16-28(17-8-5-2)19-20-31-25-14-12-23(13-15-25)27(30)26-22(6-3)21-24-11-9-10-18-29(24)26/h9-15,18,21H,4-8,16-17,19-20H2,1-3H3. The van der Waals surface area contributed by atoms with E-state index in [1.807, 2.05) is 53.1 Å². The van der Waals surface area contributed by atoms with E-state index < -0.39 is 0 Å². The van der Waals surface area contributed by atoms with E-state index in [2.05, 4.69) is 31.7 Å². The van der Waals surface area contributed by atoms with Crippen molar-refractivity contribution < 1.29 is 9.53 Å². The van der Waals surface area contributed by atoms with Crippen LogP contribution in [-0.4, -0.2) is 41.3 Å². The van der Waals surface area contributed by atoms with Crippen LogP contribution in [0.3, 0.4) is 0 Å². The second kappa shape index (κ2) is 11.7. The quantitative estimate of drug-likeness (QED) is 0.317. The lowest BCUT2D eigenvalue weighted by Gasteiger charge is -2.22. The van der Waals surface area contributed by atoms with Gasteiger partial charge in [-0.3, -0.25) is 9.69 Å². The summed E-state index contributed by atoms with van der Waals surface area (Å²) >= 11 is 0. The fourth-order valence-corrected chi connectivity index (χ4v) is 3.93. The smallest absolute Gasteiger partial charge is 0.210 e. The lowest BCUT2D eigenvalue weighted by molar-refractivity contribution is 0.103. The monoisotopic (exact) mass is 420 g/mol. The molecule has 0 amide bonds. The van der Waals surface area contributed by atoms with E-state index in [9.17, 15) is 4.79 Å². The van der Waals surface area contributed by atoms with Gasteiger partial charge < -0.3 is 9.14 Å². The summed E-state index contributed by atoms with van der Waals surface area (Å²) in [5, 5.41) is 0. The normalized spacial score (nSPS) is 11.4. The number of rotatable bonds is 13. The van der Waals surface area contributed by atoms with Gasteiger partial charge in [0.15, 0.2) is 0 Å². The first kappa shape index (κ1) is 23.1. The largest absolute Gasteiger partial charge is 0.492 e. The highest BCUT2D eigenvalue weighted by Crippen LogP contribution is 2.22. The second-order valence-electron chi connectivity index (χ2n) is 8.12. The molecule has 2 heterocycles. The molecule has 4 nitrogen and oxygen atoms in total. The van der Waals surface area contributed by atoms with Crippen molar-refractivity contribution in [2.45, 2.75) is 52.9 Å². The average Bonchev–Trinajstić information content (AvgIpc) is 3.19. The third kappa shape index (κ3) is 5.98. The van der Waals surface area contributed by atoms with Gasteiger partial charge in [-0.2, -0.15) is 0 Å². The minimum atomic E-state index is 0.0555. The molecule has 0 aliphatic rings. The molecular weight excluding hydrogens is 384 g/mol. The van der Waals surface area contributed by atoms with Crippen molar-refractivity contribution in [1.29, 1.82) is 0 Å². The van der Waals surface area contributed by atoms with E-state index in [4.69, 9.17) is 4.74 Å². The number of hydrogen-bond donors (Lipinski definition) is 0. The highest BCUT2D eigenvalue weighted by atomic mass is 16.5. The Balaban J connectivity index is 1.63. The molecule has 0 unspecified atom stereocenters. The molecule has 166 valence electrons. The van der Waals surface area contributed by atoms with E-state index in [1.54, 1.807) is 0 Å². The number of aryl methyl sites for hydroxylation is 1. The van der Waals surface area contributed by atoms with Crippen LogP contribution in [0.15, 0.2) is 54.7 Å². The van der Waals surface area contributed by atoms with Crippen molar-refractivity contribution in [1.82, 2.24) is 9.30 Å². The van der Waals surface area contributed by atoms with E-state index >= 15 is 0 Å². The molecule has 3 aromatic rings. The molecule has 4 heteroatoms. The summed E-state index contributed by atoms with van der Waals surface area (Å²) < 4.78 is 7.97. The van der Waals surface area contributed by atoms with Crippen LogP contribution >= 0.6 is 0 Å². The first-order chi connectivity index (χ1) is 15.2. The van der Waals surface area contributed by atoms with Gasteiger partial charge in [-0.1, -0.05) is 39.7 Å². The third-order valence-electron chi connectivity index (χ3n) is 5.80. The summed E-state index contributed by atoms with van der Waals surface area (Å²) in [7, 11) is 0. The fourth-order valence-electron chi connectivity index (χ4n) is 3.93. The summed E-state index contributed by atoms with van der Waals surface area (Å²) in [5.74, 6) is 0.873. The molecule has 0 atom stereocenters. The number of fused-ring (bicyclic) bond motifs is 1. The Morgan fingerprint density at radius 1 is 0.935 bits per heavy atom. The zero-order valence-corrected chi connectivity index (χ0v) is 19.3. The van der Waals surface area contributed by atoms with Crippen molar-refractivity contribution in [2.75, 3.05) is 26.2 Å². The maximum Gasteiger partial charge on any atom is 0.210 e. The molecule has 0 radical (unpaired) electrons. The van der Waals surface area contributed by atoms with Crippen molar-refractivity contribution in [3.05, 3.63) is 71.5 Å². The molecule has 0 bridgehead atoms. The van der Waals surface area contributed by atoms with Crippen LogP contribution < -0.4 is 4.74 Å². The molecule has 0 fully saturated rings. The van der Waals surface area contributed by atoms with Gasteiger partial charge in [0.2, 0.25) is 5.78 Å². The molecule has 0 aliphatic heterocycles. The van der Waals surface area contributed by atoms with Crippen molar-refractivity contribution in [3.8, 4) is 5.75 Å². The lowest BCUT2D eigenvalue weighted by Crippen LogP contribution is -2.30. The van der Waals surface area contributed by atoms with Crippen LogP contribution in [0.5, 0.6) is 5.75 Å². The lowest BCUT2D eigenvalue weighted by atomic mass is 10.0. The molecule has 0 saturated heterocycles. The van der Waals surface area contributed by atoms with E-state index in [0.717, 1.165) is 48.6 Å². The van der Waals surface area contributed by atoms with Gasteiger partial charge in [-0.05, 0) is 80.4 Å². The summed E-state index contributed by atoms with van der Waals surface area (Å²) in [5.41, 5.74) is 3.59. The Hall–Kier alpha value is -2.59. The molecular formula is C27H36N2O2. The first-order valence-electron chi connectivity index (χ1n) is 11.8. The molecule has 2 aromatic heterocycles. The molecule has 0 aliphatic carbocycles. The van der Waals surface area contributed by atoms with Crippen LogP contribution in [0.2, 0.25) is 0 Å². The van der Waals surface area contributed by atoms with Gasteiger partial charge >= 0.3 is 0 Å². The second-order valence-corrected chi connectivity index (χ2v) is 8.12. The number of carbonyl (C=O) groups is 1. The number of aromatic nitrogens is 1. The number of hydrogen-bond acceptors (Lipinski definition) is 3. The van der Waals surface area contributed by atoms with Gasteiger partial charge in [-0.15, -0.1) is 0 Å². The molecule has 3 rings (SSSR count). The highest BCUT2D eigenvalue weighted by molar-refractivity contribution is 6.09. The number of ketones is 1. The molecule has 1 aromatic carbocycles. The number of carbonyl (C=O) groups excluding carboxylic acids is 1. The van der Waals surface area contributed by atoms with Crippen LogP contribution in [0.1, 0.15) is 68.1 Å². The SMILES string of the molecule is CCCCN(CCCC)CCOc1ccc(C(=O)c2c(CC)cc3ccccn23)cc1. The maximum atomic E-state index is 13.2. The number of nitrogens with zero attached hydrogens (tertiary/aromatic N) is 2. The predicted octanol–water partition coefficient (Wildman–Crippen LogP) is 6.01. The van der Waals surface area contributed by atoms with Crippen LogP contribution in [-0.2, 0) is 6.42 Å². The third-order valence-corrected chi connectivity index (χ3v) is 5.80. The van der Waals surface area contributed by atoms with Crippen molar-refractivity contribution in [2.24, 2.45) is 0 Å². The highest BCUT2D eigenvalue weighted by Gasteiger charge is 2.18. The Bertz CT molecular complexity index is 951. The van der Waals surface area contributed by atoms with Crippen molar-refractivity contribution in [3.63, 3.8) is 0 Å². The van der Waals surface area contributed by atoms with E-state index in [-0.39, 0.29) is 5.78 Å². The Morgan fingerprint density at radius 2 is 1.65 bits per heavy atom. The van der Waals surface area contributed by atoms with Crippen LogP contribution in [0, 0.1) is 0 Å². The van der Waals surface area contributed by atoms with Gasteiger partial charge in [0.25, 0.3) is 0 Å². The van der Waals surface area contributed by atoms with Crippen molar-refractivity contribution >= 4 is 11.3 Å². The van der Waals surface area contributed by atoms with Gasteiger partial charge in [-0.25, -0.2) is 0 Å². The van der Waals surface area contributed by atoms with Gasteiger partial charge in [0, 0.05) is 23.8 Å². The average molecular weight is 421 g/mol. The summed E-state index contributed by atoms with van der Waals surface area (Å²) in [6.07, 6.45) is 7.69. The van der Waals surface area contributed by atoms with E-state index in [0.29, 0.717) is 12.2 Å². The van der Waals surface area contributed by atoms with Crippen LogP contribution in [0.25, 0.3) is 5.52 Å². The Morgan fingerprint density at radius 3 is 2.29 bits per heavy atom. The topological polar surface area (TPSA) is 34.0 Å². The van der Waals surface area contributed by atoms with Gasteiger partial charge in [0.05, 0.1) is 5.69 Å². The molecule has 31 heavy (non-hydrogen) atoms. The summed E-state index contributed by atoms with van der Waals surface area (Å²) in [6.45, 7) is 10.4. The Labute approximate surface area is 186 Å². The Kier molecular flexibility index (Phi) is 8.72. The van der Waals surface area contributed by atoms with Gasteiger partial charge in [0.1, 0.15) is 12.4 Å². The zero-order chi connectivity index (χ0) is 22.1. The predicted molar refractivity (Wildman–Crippen MR) is 128 cm³/mol. The fraction of sp³-hybridized carbons (Fsp3) is 0.444. The van der Waals surface area contributed by atoms with Crippen LogP contribution in [0.4, 0.5) is 0 Å². The molecule has 0 spiro atoms. The minimum absolute atomic E-state index is 0.0555. The number of benzene rings is 1. The summed E-state index contributed by atoms with van der Waals surface area (Å²) in [6, 6.07) is 15.7. The zero-order valence-electron chi connectivity index (χ0n) is 19.3. The maximum absolute atomic E-state index is 13.2. The van der Waals surface area contributed by atoms with E-state index in [1.165, 1.54) is 25.7 Å². The molecule has 0 saturated carbocycles. The summed E-state index contributed by atoms with van der Waals surface area (Å²) in [4.78, 5) is 15.7. The first-order valence-corrected chi connectivity index (χ1v) is 11.8. The minimum Gasteiger partial charge on any atom is -0.492 e.